The van der Waals surface area contributed by atoms with E-state index in [9.17, 15) is 14.9 Å². The van der Waals surface area contributed by atoms with E-state index >= 15 is 0 Å². The number of halogens is 2. The highest BCUT2D eigenvalue weighted by molar-refractivity contribution is 6.35. The summed E-state index contributed by atoms with van der Waals surface area (Å²) < 4.78 is 7.38. The van der Waals surface area contributed by atoms with Crippen LogP contribution in [0.15, 0.2) is 61.2 Å². The molecule has 3 rings (SSSR count). The molecule has 3 aromatic rings. The number of rotatable bonds is 6. The summed E-state index contributed by atoms with van der Waals surface area (Å²) >= 11 is 12.2. The summed E-state index contributed by atoms with van der Waals surface area (Å²) in [6.07, 6.45) is 4.23. The van der Waals surface area contributed by atoms with Crippen molar-refractivity contribution in [3.05, 3.63) is 92.5 Å². The summed E-state index contributed by atoms with van der Waals surface area (Å²) in [5.41, 5.74) is 0.675. The number of carbonyl (C=O) groups excluding carboxylic acids is 1. The number of hydrogen-bond acceptors (Lipinski definition) is 5. The van der Waals surface area contributed by atoms with E-state index in [4.69, 9.17) is 27.9 Å². The van der Waals surface area contributed by atoms with Crippen molar-refractivity contribution in [3.63, 3.8) is 0 Å². The Bertz CT molecular complexity index is 959. The van der Waals surface area contributed by atoms with Crippen molar-refractivity contribution in [2.45, 2.75) is 12.6 Å². The minimum Gasteiger partial charge on any atom is -0.452 e. The van der Waals surface area contributed by atoms with Crippen LogP contribution in [0.3, 0.4) is 0 Å². The maximum atomic E-state index is 12.5. The lowest BCUT2D eigenvalue weighted by Gasteiger charge is -2.20. The summed E-state index contributed by atoms with van der Waals surface area (Å²) in [4.78, 5) is 26.7. The summed E-state index contributed by atoms with van der Waals surface area (Å²) in [6, 6.07) is 10.1. The fraction of sp³-hybridized carbons (Fsp3) is 0.111. The average molecular weight is 406 g/mol. The fourth-order valence-corrected chi connectivity index (χ4v) is 2.99. The molecule has 1 unspecified atom stereocenters. The van der Waals surface area contributed by atoms with E-state index in [2.05, 4.69) is 4.98 Å². The van der Waals surface area contributed by atoms with Crippen molar-refractivity contribution < 1.29 is 14.5 Å². The van der Waals surface area contributed by atoms with Crippen molar-refractivity contribution in [2.24, 2.45) is 0 Å². The summed E-state index contributed by atoms with van der Waals surface area (Å²) in [5, 5.41) is 11.6. The van der Waals surface area contributed by atoms with Crippen molar-refractivity contribution >= 4 is 34.9 Å². The Kier molecular flexibility index (Phi) is 5.73. The molecule has 1 atom stereocenters. The lowest BCUT2D eigenvalue weighted by Crippen LogP contribution is -2.17. The van der Waals surface area contributed by atoms with E-state index in [1.807, 2.05) is 0 Å². The van der Waals surface area contributed by atoms with E-state index in [0.29, 0.717) is 22.2 Å². The van der Waals surface area contributed by atoms with E-state index in [1.54, 1.807) is 41.5 Å². The number of carbonyl (C=O) groups is 1. The number of aromatic nitrogens is 2. The zero-order valence-corrected chi connectivity index (χ0v) is 15.3. The number of hydrogen-bond donors (Lipinski definition) is 0. The molecule has 0 aliphatic rings. The molecular weight excluding hydrogens is 393 g/mol. The lowest BCUT2D eigenvalue weighted by molar-refractivity contribution is -0.384. The van der Waals surface area contributed by atoms with Gasteiger partial charge in [-0.1, -0.05) is 29.3 Å². The predicted octanol–water partition coefficient (Wildman–Crippen LogP) is 4.70. The molecule has 0 aliphatic heterocycles. The fourth-order valence-electron chi connectivity index (χ4n) is 2.46. The molecule has 0 saturated heterocycles. The molecule has 0 aliphatic carbocycles. The highest BCUT2D eigenvalue weighted by Crippen LogP contribution is 2.30. The number of esters is 1. The lowest BCUT2D eigenvalue weighted by atomic mass is 10.1. The first-order valence-electron chi connectivity index (χ1n) is 7.80. The van der Waals surface area contributed by atoms with Crippen LogP contribution in [0.5, 0.6) is 0 Å². The molecule has 0 radical (unpaired) electrons. The molecule has 2 aromatic carbocycles. The third-order valence-electron chi connectivity index (χ3n) is 3.81. The first-order chi connectivity index (χ1) is 12.9. The Hall–Kier alpha value is -2.90. The molecule has 138 valence electrons. The molecule has 0 saturated carbocycles. The normalized spacial score (nSPS) is 11.8. The van der Waals surface area contributed by atoms with E-state index in [1.165, 1.54) is 24.3 Å². The maximum Gasteiger partial charge on any atom is 0.338 e. The van der Waals surface area contributed by atoms with Crippen LogP contribution in [0.1, 0.15) is 22.0 Å². The van der Waals surface area contributed by atoms with Gasteiger partial charge in [0.25, 0.3) is 5.69 Å². The van der Waals surface area contributed by atoms with E-state index in [-0.39, 0.29) is 11.3 Å². The number of imidazole rings is 1. The van der Waals surface area contributed by atoms with Crippen LogP contribution in [0.2, 0.25) is 10.0 Å². The average Bonchev–Trinajstić information content (AvgIpc) is 3.14. The van der Waals surface area contributed by atoms with Gasteiger partial charge in [-0.05, 0) is 24.3 Å². The molecule has 0 amide bonds. The number of ether oxygens (including phenoxy) is 1. The van der Waals surface area contributed by atoms with Gasteiger partial charge >= 0.3 is 5.97 Å². The van der Waals surface area contributed by atoms with Gasteiger partial charge in [0.1, 0.15) is 6.10 Å². The van der Waals surface area contributed by atoms with Crippen molar-refractivity contribution in [2.75, 3.05) is 0 Å². The summed E-state index contributed by atoms with van der Waals surface area (Å²) in [6.45, 7) is 0.292. The predicted molar refractivity (Wildman–Crippen MR) is 99.9 cm³/mol. The van der Waals surface area contributed by atoms with E-state index < -0.39 is 17.0 Å². The second kappa shape index (κ2) is 8.20. The van der Waals surface area contributed by atoms with Crippen LogP contribution in [0.25, 0.3) is 0 Å². The van der Waals surface area contributed by atoms with Crippen molar-refractivity contribution in [1.29, 1.82) is 0 Å². The Labute approximate surface area is 164 Å². The van der Waals surface area contributed by atoms with Crippen molar-refractivity contribution in [3.8, 4) is 0 Å². The molecule has 27 heavy (non-hydrogen) atoms. The monoisotopic (exact) mass is 405 g/mol. The second-order valence-corrected chi connectivity index (χ2v) is 6.47. The van der Waals surface area contributed by atoms with Gasteiger partial charge in [0, 0.05) is 40.1 Å². The minimum absolute atomic E-state index is 0.109. The molecule has 0 N–H and O–H groups in total. The van der Waals surface area contributed by atoms with Gasteiger partial charge in [-0.15, -0.1) is 0 Å². The zero-order chi connectivity index (χ0) is 19.4. The molecular formula is C18H13Cl2N3O4. The number of nitrogens with zero attached hydrogens (tertiary/aromatic N) is 3. The first-order valence-corrected chi connectivity index (χ1v) is 8.56. The van der Waals surface area contributed by atoms with Gasteiger partial charge in [0.2, 0.25) is 0 Å². The van der Waals surface area contributed by atoms with Crippen LogP contribution in [-0.4, -0.2) is 20.4 Å². The van der Waals surface area contributed by atoms with Crippen LogP contribution < -0.4 is 0 Å². The Morgan fingerprint density at radius 3 is 2.56 bits per heavy atom. The van der Waals surface area contributed by atoms with Crippen LogP contribution in [-0.2, 0) is 11.3 Å². The number of benzene rings is 2. The van der Waals surface area contributed by atoms with Gasteiger partial charge in [-0.3, -0.25) is 10.1 Å². The smallest absolute Gasteiger partial charge is 0.338 e. The standard InChI is InChI=1S/C18H13Cl2N3O4/c19-13-3-6-15(16(20)9-13)17(10-22-8-7-21-11-22)27-18(24)12-1-4-14(5-2-12)23(25)26/h1-9,11,17H,10H2. The maximum absolute atomic E-state index is 12.5. The molecule has 1 aromatic heterocycles. The van der Waals surface area contributed by atoms with Gasteiger partial charge in [-0.2, -0.15) is 0 Å². The molecule has 0 spiro atoms. The van der Waals surface area contributed by atoms with Gasteiger partial charge in [-0.25, -0.2) is 9.78 Å². The quantitative estimate of drug-likeness (QED) is 0.337. The Morgan fingerprint density at radius 2 is 1.96 bits per heavy atom. The third kappa shape index (κ3) is 4.64. The van der Waals surface area contributed by atoms with E-state index in [0.717, 1.165) is 0 Å². The SMILES string of the molecule is O=C(OC(Cn1ccnc1)c1ccc(Cl)cc1Cl)c1ccc([N+](=O)[O-])cc1. The van der Waals surface area contributed by atoms with Gasteiger partial charge < -0.3 is 9.30 Å². The van der Waals surface area contributed by atoms with Crippen LogP contribution >= 0.6 is 23.2 Å². The molecule has 7 nitrogen and oxygen atoms in total. The molecule has 1 heterocycles. The Balaban J connectivity index is 1.86. The van der Waals surface area contributed by atoms with Gasteiger partial charge in [0.15, 0.2) is 0 Å². The van der Waals surface area contributed by atoms with Crippen LogP contribution in [0.4, 0.5) is 5.69 Å². The molecule has 0 fully saturated rings. The highest BCUT2D eigenvalue weighted by Gasteiger charge is 2.22. The summed E-state index contributed by atoms with van der Waals surface area (Å²) in [7, 11) is 0. The summed E-state index contributed by atoms with van der Waals surface area (Å²) in [5.74, 6) is -0.624. The zero-order valence-electron chi connectivity index (χ0n) is 13.8. The number of nitro groups is 1. The Morgan fingerprint density at radius 1 is 1.22 bits per heavy atom. The second-order valence-electron chi connectivity index (χ2n) is 5.62. The number of nitro benzene ring substituents is 1. The van der Waals surface area contributed by atoms with Gasteiger partial charge in [0.05, 0.1) is 23.4 Å². The largest absolute Gasteiger partial charge is 0.452 e. The first kappa shape index (κ1) is 18.9. The molecule has 0 bridgehead atoms. The highest BCUT2D eigenvalue weighted by atomic mass is 35.5. The number of non-ortho nitro benzene ring substituents is 1. The minimum atomic E-state index is -0.702. The topological polar surface area (TPSA) is 87.3 Å². The third-order valence-corrected chi connectivity index (χ3v) is 4.37. The van der Waals surface area contributed by atoms with Crippen molar-refractivity contribution in [1.82, 2.24) is 9.55 Å². The molecule has 9 heteroatoms. The van der Waals surface area contributed by atoms with Crippen LogP contribution in [0, 0.1) is 10.1 Å².